The average molecular weight is 226 g/mol. The fraction of sp³-hybridized carbons (Fsp3) is 0.786. The minimum atomic E-state index is -0.599. The summed E-state index contributed by atoms with van der Waals surface area (Å²) in [6.07, 6.45) is 11.9. The van der Waals surface area contributed by atoms with Gasteiger partial charge in [-0.3, -0.25) is 0 Å². The molecule has 0 heterocycles. The zero-order chi connectivity index (χ0) is 12.2. The number of aliphatic hydroxyl groups is 1. The molecule has 0 aliphatic heterocycles. The van der Waals surface area contributed by atoms with Crippen molar-refractivity contribution in [2.45, 2.75) is 64.9 Å². The van der Waals surface area contributed by atoms with Gasteiger partial charge in [-0.05, 0) is 13.3 Å². The maximum atomic E-state index is 10.8. The van der Waals surface area contributed by atoms with Gasteiger partial charge in [0.1, 0.15) is 6.29 Å². The molecule has 2 nitrogen and oxygen atoms in total. The molecule has 0 aliphatic carbocycles. The van der Waals surface area contributed by atoms with E-state index in [9.17, 15) is 9.90 Å². The van der Waals surface area contributed by atoms with Crippen molar-refractivity contribution < 1.29 is 9.90 Å². The lowest BCUT2D eigenvalue weighted by molar-refractivity contribution is -0.113. The smallest absolute Gasteiger partial charge is 0.125 e. The van der Waals surface area contributed by atoms with E-state index in [4.69, 9.17) is 0 Å². The molecule has 0 aromatic rings. The largest absolute Gasteiger partial charge is 0.388 e. The highest BCUT2D eigenvalue weighted by Gasteiger charge is 2.14. The van der Waals surface area contributed by atoms with Crippen molar-refractivity contribution in [3.05, 3.63) is 12.2 Å². The molecule has 0 radical (unpaired) electrons. The molecule has 0 unspecified atom stereocenters. The summed E-state index contributed by atoms with van der Waals surface area (Å²) >= 11 is 0. The quantitative estimate of drug-likeness (QED) is 0.352. The monoisotopic (exact) mass is 226 g/mol. The Balaban J connectivity index is 3.59. The fourth-order valence-electron chi connectivity index (χ4n) is 1.82. The van der Waals surface area contributed by atoms with Crippen molar-refractivity contribution >= 4 is 6.29 Å². The van der Waals surface area contributed by atoms with E-state index >= 15 is 0 Å². The first-order valence-electron chi connectivity index (χ1n) is 6.52. The van der Waals surface area contributed by atoms with Gasteiger partial charge in [0.15, 0.2) is 0 Å². The predicted octanol–water partition coefficient (Wildman–Crippen LogP) is 3.49. The van der Waals surface area contributed by atoms with Crippen molar-refractivity contribution in [1.29, 1.82) is 0 Å². The van der Waals surface area contributed by atoms with Gasteiger partial charge in [0.05, 0.1) is 6.10 Å². The van der Waals surface area contributed by atoms with Crippen LogP contribution in [0.3, 0.4) is 0 Å². The van der Waals surface area contributed by atoms with E-state index in [1.807, 2.05) is 6.92 Å². The Bertz CT molecular complexity index is 187. The predicted molar refractivity (Wildman–Crippen MR) is 68.4 cm³/mol. The van der Waals surface area contributed by atoms with Gasteiger partial charge in [0.25, 0.3) is 0 Å². The second kappa shape index (κ2) is 10.9. The number of allylic oxidation sites excluding steroid dienone is 1. The van der Waals surface area contributed by atoms with E-state index in [2.05, 4.69) is 6.92 Å². The SMILES string of the molecule is C/C=C/[C@@H](O)[C@@H](C=O)CCCCCCCC. The molecule has 0 bridgehead atoms. The highest BCUT2D eigenvalue weighted by Crippen LogP contribution is 2.14. The Hall–Kier alpha value is -0.630. The van der Waals surface area contributed by atoms with Crippen LogP contribution in [0.2, 0.25) is 0 Å². The third-order valence-corrected chi connectivity index (χ3v) is 2.89. The molecule has 0 aromatic heterocycles. The molecule has 0 aliphatic rings. The molecule has 2 heteroatoms. The number of aldehydes is 1. The highest BCUT2D eigenvalue weighted by molar-refractivity contribution is 5.55. The molecule has 94 valence electrons. The molecular weight excluding hydrogens is 200 g/mol. The molecule has 2 atom stereocenters. The van der Waals surface area contributed by atoms with Crippen molar-refractivity contribution in [3.8, 4) is 0 Å². The second-order valence-electron chi connectivity index (χ2n) is 4.37. The van der Waals surface area contributed by atoms with Crippen LogP contribution in [0, 0.1) is 5.92 Å². The van der Waals surface area contributed by atoms with Crippen LogP contribution in [0.1, 0.15) is 58.8 Å². The van der Waals surface area contributed by atoms with Crippen molar-refractivity contribution in [2.24, 2.45) is 5.92 Å². The molecular formula is C14H26O2. The first-order valence-corrected chi connectivity index (χ1v) is 6.52. The van der Waals surface area contributed by atoms with Gasteiger partial charge in [0, 0.05) is 5.92 Å². The summed E-state index contributed by atoms with van der Waals surface area (Å²) in [5, 5.41) is 9.63. The van der Waals surface area contributed by atoms with Crippen LogP contribution in [-0.4, -0.2) is 17.5 Å². The molecule has 0 rings (SSSR count). The maximum Gasteiger partial charge on any atom is 0.125 e. The van der Waals surface area contributed by atoms with Crippen molar-refractivity contribution in [3.63, 3.8) is 0 Å². The molecule has 0 fully saturated rings. The third kappa shape index (κ3) is 7.63. The lowest BCUT2D eigenvalue weighted by Crippen LogP contribution is -2.19. The summed E-state index contributed by atoms with van der Waals surface area (Å²) in [6.45, 7) is 4.06. The summed E-state index contributed by atoms with van der Waals surface area (Å²) in [5.74, 6) is -0.220. The number of carbonyl (C=O) groups excluding carboxylic acids is 1. The maximum absolute atomic E-state index is 10.8. The number of aliphatic hydroxyl groups excluding tert-OH is 1. The van der Waals surface area contributed by atoms with Gasteiger partial charge in [-0.2, -0.15) is 0 Å². The number of rotatable bonds is 10. The topological polar surface area (TPSA) is 37.3 Å². The summed E-state index contributed by atoms with van der Waals surface area (Å²) in [5.41, 5.74) is 0. The minimum Gasteiger partial charge on any atom is -0.388 e. The van der Waals surface area contributed by atoms with Crippen LogP contribution in [0.4, 0.5) is 0 Å². The van der Waals surface area contributed by atoms with Crippen LogP contribution >= 0.6 is 0 Å². The lowest BCUT2D eigenvalue weighted by Gasteiger charge is -2.13. The van der Waals surface area contributed by atoms with E-state index in [1.54, 1.807) is 12.2 Å². The molecule has 0 saturated carbocycles. The zero-order valence-corrected chi connectivity index (χ0v) is 10.7. The highest BCUT2D eigenvalue weighted by atomic mass is 16.3. The normalized spacial score (nSPS) is 15.2. The van der Waals surface area contributed by atoms with Gasteiger partial charge in [-0.15, -0.1) is 0 Å². The van der Waals surface area contributed by atoms with Crippen LogP contribution in [-0.2, 0) is 4.79 Å². The van der Waals surface area contributed by atoms with Crippen molar-refractivity contribution in [1.82, 2.24) is 0 Å². The van der Waals surface area contributed by atoms with Gasteiger partial charge in [-0.1, -0.05) is 57.6 Å². The lowest BCUT2D eigenvalue weighted by atomic mass is 9.96. The Morgan fingerprint density at radius 3 is 2.31 bits per heavy atom. The van der Waals surface area contributed by atoms with Crippen LogP contribution in [0.5, 0.6) is 0 Å². The van der Waals surface area contributed by atoms with Gasteiger partial charge < -0.3 is 9.90 Å². The third-order valence-electron chi connectivity index (χ3n) is 2.89. The number of unbranched alkanes of at least 4 members (excludes halogenated alkanes) is 5. The fourth-order valence-corrected chi connectivity index (χ4v) is 1.82. The van der Waals surface area contributed by atoms with E-state index in [-0.39, 0.29) is 5.92 Å². The molecule has 0 saturated heterocycles. The molecule has 16 heavy (non-hydrogen) atoms. The Kier molecular flexibility index (Phi) is 10.4. The summed E-state index contributed by atoms with van der Waals surface area (Å²) < 4.78 is 0. The Morgan fingerprint density at radius 2 is 1.75 bits per heavy atom. The standard InChI is InChI=1S/C14H26O2/c1-3-5-6-7-8-9-11-13(12-15)14(16)10-4-2/h4,10,12-14,16H,3,5-9,11H2,1-2H3/b10-4+/t13-,14-/m1/s1. The summed E-state index contributed by atoms with van der Waals surface area (Å²) in [4.78, 5) is 10.8. The Morgan fingerprint density at radius 1 is 1.12 bits per heavy atom. The first-order chi connectivity index (χ1) is 7.76. The van der Waals surface area contributed by atoms with E-state index in [1.165, 1.54) is 32.1 Å². The average Bonchev–Trinajstić information content (AvgIpc) is 2.28. The van der Waals surface area contributed by atoms with Crippen molar-refractivity contribution in [2.75, 3.05) is 0 Å². The number of carbonyl (C=O) groups is 1. The molecule has 1 N–H and O–H groups in total. The zero-order valence-electron chi connectivity index (χ0n) is 10.7. The van der Waals surface area contributed by atoms with Crippen LogP contribution in [0.25, 0.3) is 0 Å². The number of hydrogen-bond donors (Lipinski definition) is 1. The first kappa shape index (κ1) is 15.4. The van der Waals surface area contributed by atoms with E-state index in [0.29, 0.717) is 0 Å². The van der Waals surface area contributed by atoms with E-state index < -0.39 is 6.10 Å². The molecule has 0 amide bonds. The summed E-state index contributed by atoms with van der Waals surface area (Å²) in [7, 11) is 0. The summed E-state index contributed by atoms with van der Waals surface area (Å²) in [6, 6.07) is 0. The van der Waals surface area contributed by atoms with E-state index in [0.717, 1.165) is 19.1 Å². The van der Waals surface area contributed by atoms with Crippen LogP contribution in [0.15, 0.2) is 12.2 Å². The molecule has 0 spiro atoms. The van der Waals surface area contributed by atoms with Gasteiger partial charge in [0.2, 0.25) is 0 Å². The second-order valence-corrected chi connectivity index (χ2v) is 4.37. The van der Waals surface area contributed by atoms with Gasteiger partial charge >= 0.3 is 0 Å². The number of hydrogen-bond acceptors (Lipinski definition) is 2. The minimum absolute atomic E-state index is 0.220. The Labute approximate surface area is 99.7 Å². The molecule has 0 aromatic carbocycles. The van der Waals surface area contributed by atoms with Crippen LogP contribution < -0.4 is 0 Å². The van der Waals surface area contributed by atoms with Gasteiger partial charge in [-0.25, -0.2) is 0 Å².